The Morgan fingerprint density at radius 3 is 2.21 bits per heavy atom. The number of amides is 2. The number of rotatable bonds is 4. The summed E-state index contributed by atoms with van der Waals surface area (Å²) in [5.74, 6) is -0.0427. The lowest BCUT2D eigenvalue weighted by Crippen LogP contribution is -2.47. The molecule has 2 heterocycles. The van der Waals surface area contributed by atoms with Crippen LogP contribution >= 0.6 is 0 Å². The predicted molar refractivity (Wildman–Crippen MR) is 108 cm³/mol. The van der Waals surface area contributed by atoms with E-state index in [1.165, 1.54) is 11.1 Å². The quantitative estimate of drug-likeness (QED) is 0.890. The molecule has 1 atom stereocenters. The van der Waals surface area contributed by atoms with Crippen LogP contribution in [0, 0.1) is 5.92 Å². The average Bonchev–Trinajstić information content (AvgIpc) is 2.74. The van der Waals surface area contributed by atoms with Gasteiger partial charge in [-0.25, -0.2) is 0 Å². The molecule has 4 rings (SSSR count). The molecule has 1 fully saturated rings. The summed E-state index contributed by atoms with van der Waals surface area (Å²) in [5, 5.41) is 0. The average molecular weight is 377 g/mol. The maximum atomic E-state index is 13.1. The van der Waals surface area contributed by atoms with Gasteiger partial charge in [-0.2, -0.15) is 0 Å². The van der Waals surface area contributed by atoms with Gasteiger partial charge < -0.3 is 10.6 Å². The molecule has 0 spiro atoms. The molecule has 2 aliphatic heterocycles. The van der Waals surface area contributed by atoms with Crippen molar-refractivity contribution in [2.75, 3.05) is 19.6 Å². The number of benzene rings is 2. The maximum absolute atomic E-state index is 13.1. The van der Waals surface area contributed by atoms with Gasteiger partial charge in [0.15, 0.2) is 0 Å². The lowest BCUT2D eigenvalue weighted by molar-refractivity contribution is -0.138. The van der Waals surface area contributed by atoms with Crippen LogP contribution in [0.15, 0.2) is 54.6 Å². The fraction of sp³-hybridized carbons (Fsp3) is 0.391. The van der Waals surface area contributed by atoms with Gasteiger partial charge in [0.1, 0.15) is 6.04 Å². The first-order valence-electron chi connectivity index (χ1n) is 10.1. The highest BCUT2D eigenvalue weighted by molar-refractivity contribution is 5.82. The maximum Gasteiger partial charge on any atom is 0.239 e. The second-order valence-electron chi connectivity index (χ2n) is 7.80. The van der Waals surface area contributed by atoms with E-state index in [-0.39, 0.29) is 17.7 Å². The lowest BCUT2D eigenvalue weighted by atomic mass is 9.91. The third-order valence-corrected chi connectivity index (χ3v) is 6.07. The number of fused-ring (bicyclic) bond motifs is 1. The summed E-state index contributed by atoms with van der Waals surface area (Å²) in [7, 11) is 0. The van der Waals surface area contributed by atoms with Crippen molar-refractivity contribution in [3.63, 3.8) is 0 Å². The fourth-order valence-electron chi connectivity index (χ4n) is 4.54. The topological polar surface area (TPSA) is 66.6 Å². The number of hydrogen-bond donors (Lipinski definition) is 1. The molecule has 28 heavy (non-hydrogen) atoms. The van der Waals surface area contributed by atoms with Crippen LogP contribution in [0.1, 0.15) is 35.6 Å². The number of piperidine rings is 1. The molecular weight excluding hydrogens is 350 g/mol. The van der Waals surface area contributed by atoms with Crippen molar-refractivity contribution in [2.24, 2.45) is 11.7 Å². The van der Waals surface area contributed by atoms with Crippen LogP contribution in [0.3, 0.4) is 0 Å². The molecular formula is C23H27N3O2. The third-order valence-electron chi connectivity index (χ3n) is 6.07. The number of nitrogens with two attached hydrogens (primary N) is 1. The van der Waals surface area contributed by atoms with Crippen LogP contribution in [0.5, 0.6) is 0 Å². The first-order chi connectivity index (χ1) is 13.6. The second kappa shape index (κ2) is 8.15. The van der Waals surface area contributed by atoms with Crippen LogP contribution in [0.4, 0.5) is 0 Å². The van der Waals surface area contributed by atoms with E-state index in [4.69, 9.17) is 5.73 Å². The molecule has 2 amide bonds. The standard InChI is InChI=1S/C23H27N3O2/c24-22(27)21(18-7-2-1-3-8-18)25-13-11-19(12-14-25)23(28)26-15-10-17-6-4-5-9-20(17)16-26/h1-9,19,21H,10-16H2,(H2,24,27)/t21-/m1/s1. The number of primary amides is 1. The van der Waals surface area contributed by atoms with E-state index >= 15 is 0 Å². The summed E-state index contributed by atoms with van der Waals surface area (Å²) in [4.78, 5) is 29.3. The van der Waals surface area contributed by atoms with Crippen molar-refractivity contribution in [2.45, 2.75) is 31.8 Å². The summed E-state index contributed by atoms with van der Waals surface area (Å²) < 4.78 is 0. The van der Waals surface area contributed by atoms with Gasteiger partial charge in [0, 0.05) is 19.0 Å². The molecule has 0 bridgehead atoms. The molecule has 5 heteroatoms. The lowest BCUT2D eigenvalue weighted by Gasteiger charge is -2.38. The molecule has 0 radical (unpaired) electrons. The molecule has 2 aromatic rings. The van der Waals surface area contributed by atoms with Gasteiger partial charge in [-0.3, -0.25) is 14.5 Å². The van der Waals surface area contributed by atoms with E-state index in [0.717, 1.165) is 31.4 Å². The fourth-order valence-corrected chi connectivity index (χ4v) is 4.54. The van der Waals surface area contributed by atoms with E-state index in [9.17, 15) is 9.59 Å². The predicted octanol–water partition coefficient (Wildman–Crippen LogP) is 2.51. The van der Waals surface area contributed by atoms with Crippen molar-refractivity contribution < 1.29 is 9.59 Å². The molecule has 5 nitrogen and oxygen atoms in total. The van der Waals surface area contributed by atoms with Gasteiger partial charge in [-0.15, -0.1) is 0 Å². The Morgan fingerprint density at radius 1 is 0.893 bits per heavy atom. The first-order valence-corrected chi connectivity index (χ1v) is 10.1. The zero-order valence-electron chi connectivity index (χ0n) is 16.1. The highest BCUT2D eigenvalue weighted by atomic mass is 16.2. The molecule has 2 aromatic carbocycles. The van der Waals surface area contributed by atoms with Crippen molar-refractivity contribution in [3.05, 3.63) is 71.3 Å². The summed E-state index contributed by atoms with van der Waals surface area (Å²) in [6, 6.07) is 17.6. The SMILES string of the molecule is NC(=O)[C@@H](c1ccccc1)N1CCC(C(=O)N2CCc3ccccc3C2)CC1. The van der Waals surface area contributed by atoms with Gasteiger partial charge in [0.25, 0.3) is 0 Å². The van der Waals surface area contributed by atoms with E-state index in [2.05, 4.69) is 23.1 Å². The van der Waals surface area contributed by atoms with E-state index < -0.39 is 6.04 Å². The van der Waals surface area contributed by atoms with Crippen molar-refractivity contribution >= 4 is 11.8 Å². The first kappa shape index (κ1) is 18.7. The van der Waals surface area contributed by atoms with Crippen LogP contribution in [-0.4, -0.2) is 41.2 Å². The second-order valence-corrected chi connectivity index (χ2v) is 7.80. The zero-order chi connectivity index (χ0) is 19.5. The van der Waals surface area contributed by atoms with Gasteiger partial charge in [-0.05, 0) is 49.0 Å². The van der Waals surface area contributed by atoms with Crippen LogP contribution in [-0.2, 0) is 22.6 Å². The summed E-state index contributed by atoms with van der Waals surface area (Å²) in [6.07, 6.45) is 2.47. The van der Waals surface area contributed by atoms with Gasteiger partial charge in [0.05, 0.1) is 0 Å². The Hall–Kier alpha value is -2.66. The minimum Gasteiger partial charge on any atom is -0.368 e. The van der Waals surface area contributed by atoms with Crippen LogP contribution < -0.4 is 5.73 Å². The number of nitrogens with zero attached hydrogens (tertiary/aromatic N) is 2. The summed E-state index contributed by atoms with van der Waals surface area (Å²) >= 11 is 0. The third kappa shape index (κ3) is 3.80. The molecule has 2 aliphatic rings. The Morgan fingerprint density at radius 2 is 1.54 bits per heavy atom. The van der Waals surface area contributed by atoms with Crippen molar-refractivity contribution in [1.82, 2.24) is 9.80 Å². The molecule has 2 N–H and O–H groups in total. The molecule has 0 saturated carbocycles. The highest BCUT2D eigenvalue weighted by Gasteiger charge is 2.34. The Labute approximate surface area is 166 Å². The smallest absolute Gasteiger partial charge is 0.239 e. The Bertz CT molecular complexity index is 844. The van der Waals surface area contributed by atoms with E-state index in [0.29, 0.717) is 19.6 Å². The molecule has 0 unspecified atom stereocenters. The largest absolute Gasteiger partial charge is 0.368 e. The minimum absolute atomic E-state index is 0.0332. The number of likely N-dealkylation sites (tertiary alicyclic amines) is 1. The Balaban J connectivity index is 1.39. The number of carbonyl (C=O) groups is 2. The van der Waals surface area contributed by atoms with Gasteiger partial charge >= 0.3 is 0 Å². The monoisotopic (exact) mass is 377 g/mol. The molecule has 0 aromatic heterocycles. The Kier molecular flexibility index (Phi) is 5.44. The van der Waals surface area contributed by atoms with Gasteiger partial charge in [-0.1, -0.05) is 54.6 Å². The van der Waals surface area contributed by atoms with E-state index in [1.807, 2.05) is 41.3 Å². The molecule has 146 valence electrons. The van der Waals surface area contributed by atoms with E-state index in [1.54, 1.807) is 0 Å². The molecule has 1 saturated heterocycles. The molecule has 0 aliphatic carbocycles. The minimum atomic E-state index is -0.417. The van der Waals surface area contributed by atoms with Gasteiger partial charge in [0.2, 0.25) is 11.8 Å². The van der Waals surface area contributed by atoms with Crippen LogP contribution in [0.25, 0.3) is 0 Å². The normalized spacial score (nSPS) is 19.1. The summed E-state index contributed by atoms with van der Waals surface area (Å²) in [6.45, 7) is 2.93. The zero-order valence-corrected chi connectivity index (χ0v) is 16.1. The van der Waals surface area contributed by atoms with Crippen molar-refractivity contribution in [3.8, 4) is 0 Å². The highest BCUT2D eigenvalue weighted by Crippen LogP contribution is 2.29. The van der Waals surface area contributed by atoms with Crippen LogP contribution in [0.2, 0.25) is 0 Å². The number of hydrogen-bond acceptors (Lipinski definition) is 3. The number of carbonyl (C=O) groups excluding carboxylic acids is 2. The summed E-state index contributed by atoms with van der Waals surface area (Å²) in [5.41, 5.74) is 9.24. The van der Waals surface area contributed by atoms with Crippen molar-refractivity contribution in [1.29, 1.82) is 0 Å².